The topological polar surface area (TPSA) is 29.1 Å². The lowest BCUT2D eigenvalue weighted by molar-refractivity contribution is 0.0956. The second-order valence-electron chi connectivity index (χ2n) is 4.92. The van der Waals surface area contributed by atoms with E-state index in [4.69, 9.17) is 23.2 Å². The molecule has 0 spiro atoms. The standard InChI is InChI=1S/C17H17Cl2NOS/c1-12-2-4-13(5-3-12)11-22-9-8-20-17(21)15-10-14(18)6-7-16(15)19/h2-7,10H,8-9,11H2,1H3,(H,20,21). The van der Waals surface area contributed by atoms with Gasteiger partial charge < -0.3 is 5.32 Å². The van der Waals surface area contributed by atoms with Gasteiger partial charge in [-0.15, -0.1) is 0 Å². The second-order valence-corrected chi connectivity index (χ2v) is 6.87. The van der Waals surface area contributed by atoms with Gasteiger partial charge in [-0.25, -0.2) is 0 Å². The predicted octanol–water partition coefficient (Wildman–Crippen LogP) is 4.97. The van der Waals surface area contributed by atoms with E-state index in [1.54, 1.807) is 30.0 Å². The first-order valence-electron chi connectivity index (χ1n) is 6.93. The van der Waals surface area contributed by atoms with Crippen molar-refractivity contribution < 1.29 is 4.79 Å². The number of halogens is 2. The Hall–Kier alpha value is -1.16. The number of nitrogens with one attached hydrogen (secondary N) is 1. The van der Waals surface area contributed by atoms with Crippen molar-refractivity contribution in [1.82, 2.24) is 5.32 Å². The number of carbonyl (C=O) groups excluding carboxylic acids is 1. The van der Waals surface area contributed by atoms with Crippen LogP contribution in [0.1, 0.15) is 21.5 Å². The fourth-order valence-electron chi connectivity index (χ4n) is 1.88. The van der Waals surface area contributed by atoms with Crippen LogP contribution in [-0.2, 0) is 5.75 Å². The molecule has 0 atom stereocenters. The van der Waals surface area contributed by atoms with E-state index in [1.165, 1.54) is 11.1 Å². The minimum absolute atomic E-state index is 0.191. The smallest absolute Gasteiger partial charge is 0.252 e. The molecule has 2 aromatic rings. The number of aryl methyl sites for hydroxylation is 1. The minimum Gasteiger partial charge on any atom is -0.351 e. The molecule has 1 N–H and O–H groups in total. The zero-order valence-corrected chi connectivity index (χ0v) is 14.6. The zero-order valence-electron chi connectivity index (χ0n) is 12.2. The molecule has 0 heterocycles. The molecule has 0 bridgehead atoms. The maximum atomic E-state index is 12.0. The Morgan fingerprint density at radius 3 is 2.59 bits per heavy atom. The molecule has 22 heavy (non-hydrogen) atoms. The molecular formula is C17H17Cl2NOS. The summed E-state index contributed by atoms with van der Waals surface area (Å²) in [6.07, 6.45) is 0. The van der Waals surface area contributed by atoms with Crippen LogP contribution in [0.15, 0.2) is 42.5 Å². The van der Waals surface area contributed by atoms with Gasteiger partial charge in [-0.2, -0.15) is 11.8 Å². The lowest BCUT2D eigenvalue weighted by Crippen LogP contribution is -2.26. The van der Waals surface area contributed by atoms with Gasteiger partial charge in [0.1, 0.15) is 0 Å². The summed E-state index contributed by atoms with van der Waals surface area (Å²) in [4.78, 5) is 12.0. The molecule has 1 amide bonds. The van der Waals surface area contributed by atoms with E-state index in [9.17, 15) is 4.79 Å². The number of amides is 1. The molecule has 0 radical (unpaired) electrons. The first kappa shape index (κ1) is 17.2. The van der Waals surface area contributed by atoms with Crippen molar-refractivity contribution in [3.8, 4) is 0 Å². The van der Waals surface area contributed by atoms with E-state index in [1.807, 2.05) is 0 Å². The summed E-state index contributed by atoms with van der Waals surface area (Å²) in [6, 6.07) is 13.4. The molecule has 0 fully saturated rings. The maximum Gasteiger partial charge on any atom is 0.252 e. The third-order valence-corrected chi connectivity index (χ3v) is 4.69. The van der Waals surface area contributed by atoms with E-state index in [0.29, 0.717) is 22.2 Å². The van der Waals surface area contributed by atoms with Crippen LogP contribution in [0.3, 0.4) is 0 Å². The van der Waals surface area contributed by atoms with Crippen molar-refractivity contribution in [3.63, 3.8) is 0 Å². The Morgan fingerprint density at radius 2 is 1.86 bits per heavy atom. The Bertz CT molecular complexity index is 644. The lowest BCUT2D eigenvalue weighted by Gasteiger charge is -2.07. The first-order valence-corrected chi connectivity index (χ1v) is 8.84. The molecule has 0 aliphatic rings. The van der Waals surface area contributed by atoms with Crippen LogP contribution in [0.25, 0.3) is 0 Å². The van der Waals surface area contributed by atoms with Gasteiger partial charge >= 0.3 is 0 Å². The van der Waals surface area contributed by atoms with Crippen LogP contribution in [0.2, 0.25) is 10.0 Å². The van der Waals surface area contributed by atoms with Crippen LogP contribution in [0.5, 0.6) is 0 Å². The van der Waals surface area contributed by atoms with Gasteiger partial charge in [0, 0.05) is 23.1 Å². The quantitative estimate of drug-likeness (QED) is 0.743. The fraction of sp³-hybridized carbons (Fsp3) is 0.235. The van der Waals surface area contributed by atoms with Gasteiger partial charge in [0.2, 0.25) is 0 Å². The van der Waals surface area contributed by atoms with E-state index in [0.717, 1.165) is 11.5 Å². The van der Waals surface area contributed by atoms with E-state index < -0.39 is 0 Å². The highest BCUT2D eigenvalue weighted by Crippen LogP contribution is 2.20. The van der Waals surface area contributed by atoms with Gasteiger partial charge in [-0.1, -0.05) is 53.0 Å². The summed E-state index contributed by atoms with van der Waals surface area (Å²) >= 11 is 13.7. The predicted molar refractivity (Wildman–Crippen MR) is 96.1 cm³/mol. The number of carbonyl (C=O) groups is 1. The maximum absolute atomic E-state index is 12.0. The Labute approximate surface area is 145 Å². The highest BCUT2D eigenvalue weighted by atomic mass is 35.5. The SMILES string of the molecule is Cc1ccc(CSCCNC(=O)c2cc(Cl)ccc2Cl)cc1. The average molecular weight is 354 g/mol. The highest BCUT2D eigenvalue weighted by Gasteiger charge is 2.10. The monoisotopic (exact) mass is 353 g/mol. The highest BCUT2D eigenvalue weighted by molar-refractivity contribution is 7.98. The molecule has 0 saturated carbocycles. The van der Waals surface area contributed by atoms with Crippen molar-refractivity contribution in [2.75, 3.05) is 12.3 Å². The number of thioether (sulfide) groups is 1. The summed E-state index contributed by atoms with van der Waals surface area (Å²) in [6.45, 7) is 2.67. The van der Waals surface area contributed by atoms with Gasteiger partial charge in [-0.05, 0) is 30.7 Å². The molecule has 0 unspecified atom stereocenters. The van der Waals surface area contributed by atoms with Crippen molar-refractivity contribution in [1.29, 1.82) is 0 Å². The molecule has 116 valence electrons. The van der Waals surface area contributed by atoms with E-state index in [-0.39, 0.29) is 5.91 Å². The summed E-state index contributed by atoms with van der Waals surface area (Å²) in [5.41, 5.74) is 2.97. The number of hydrogen-bond donors (Lipinski definition) is 1. The molecular weight excluding hydrogens is 337 g/mol. The summed E-state index contributed by atoms with van der Waals surface area (Å²) in [5.74, 6) is 1.59. The van der Waals surface area contributed by atoms with Crippen molar-refractivity contribution in [2.24, 2.45) is 0 Å². The lowest BCUT2D eigenvalue weighted by atomic mass is 10.2. The average Bonchev–Trinajstić information content (AvgIpc) is 2.51. The third kappa shape index (κ3) is 5.24. The number of rotatable bonds is 6. The zero-order chi connectivity index (χ0) is 15.9. The number of hydrogen-bond acceptors (Lipinski definition) is 2. The van der Waals surface area contributed by atoms with E-state index in [2.05, 4.69) is 36.5 Å². The molecule has 2 nitrogen and oxygen atoms in total. The van der Waals surface area contributed by atoms with Crippen LogP contribution in [0, 0.1) is 6.92 Å². The summed E-state index contributed by atoms with van der Waals surface area (Å²) in [7, 11) is 0. The fourth-order valence-corrected chi connectivity index (χ4v) is 3.07. The molecule has 2 rings (SSSR count). The van der Waals surface area contributed by atoms with Crippen LogP contribution in [0.4, 0.5) is 0 Å². The van der Waals surface area contributed by atoms with Crippen molar-refractivity contribution in [3.05, 3.63) is 69.2 Å². The number of benzene rings is 2. The summed E-state index contributed by atoms with van der Waals surface area (Å²) in [5, 5.41) is 3.77. The molecule has 0 aliphatic carbocycles. The van der Waals surface area contributed by atoms with Gasteiger partial charge in [0.15, 0.2) is 0 Å². The van der Waals surface area contributed by atoms with Gasteiger partial charge in [0.05, 0.1) is 10.6 Å². The van der Waals surface area contributed by atoms with Crippen LogP contribution >= 0.6 is 35.0 Å². The largest absolute Gasteiger partial charge is 0.351 e. The first-order chi connectivity index (χ1) is 10.6. The van der Waals surface area contributed by atoms with Crippen LogP contribution < -0.4 is 5.32 Å². The second kappa shape index (κ2) is 8.47. The Kier molecular flexibility index (Phi) is 6.62. The van der Waals surface area contributed by atoms with E-state index >= 15 is 0 Å². The summed E-state index contributed by atoms with van der Waals surface area (Å²) < 4.78 is 0. The van der Waals surface area contributed by atoms with Crippen molar-refractivity contribution in [2.45, 2.75) is 12.7 Å². The molecule has 5 heteroatoms. The molecule has 0 saturated heterocycles. The minimum atomic E-state index is -0.191. The molecule has 2 aromatic carbocycles. The Balaban J connectivity index is 1.73. The normalized spacial score (nSPS) is 10.5. The molecule has 0 aliphatic heterocycles. The van der Waals surface area contributed by atoms with Gasteiger partial charge in [0.25, 0.3) is 5.91 Å². The van der Waals surface area contributed by atoms with Crippen molar-refractivity contribution >= 4 is 40.9 Å². The molecule has 0 aromatic heterocycles. The van der Waals surface area contributed by atoms with Crippen LogP contribution in [-0.4, -0.2) is 18.2 Å². The Morgan fingerprint density at radius 1 is 1.14 bits per heavy atom. The van der Waals surface area contributed by atoms with Gasteiger partial charge in [-0.3, -0.25) is 4.79 Å². The third-order valence-electron chi connectivity index (χ3n) is 3.09.